The number of hydrogen-bond donors (Lipinski definition) is 2. The van der Waals surface area contributed by atoms with Gasteiger partial charge in [-0.05, 0) is 38.5 Å². The van der Waals surface area contributed by atoms with E-state index in [-0.39, 0.29) is 0 Å². The Bertz CT molecular complexity index is 877. The molecular formula is C22H30N6. The summed E-state index contributed by atoms with van der Waals surface area (Å²) in [6.45, 7) is 10.2. The van der Waals surface area contributed by atoms with Gasteiger partial charge >= 0.3 is 0 Å². The summed E-state index contributed by atoms with van der Waals surface area (Å²) in [5, 5.41) is 11.5. The third-order valence-corrected chi connectivity index (χ3v) is 4.77. The minimum Gasteiger partial charge on any atom is -0.357 e. The van der Waals surface area contributed by atoms with Crippen molar-refractivity contribution < 1.29 is 0 Å². The fraction of sp³-hybridized carbons (Fsp3) is 0.364. The summed E-state index contributed by atoms with van der Waals surface area (Å²) in [5.41, 5.74) is 4.66. The highest BCUT2D eigenvalue weighted by molar-refractivity contribution is 5.79. The molecule has 3 rings (SSSR count). The Kier molecular flexibility index (Phi) is 6.89. The van der Waals surface area contributed by atoms with Crippen LogP contribution >= 0.6 is 0 Å². The molecule has 0 aliphatic rings. The van der Waals surface area contributed by atoms with Crippen LogP contribution in [0.15, 0.2) is 59.9 Å². The van der Waals surface area contributed by atoms with Gasteiger partial charge in [-0.2, -0.15) is 5.10 Å². The molecule has 0 unspecified atom stereocenters. The van der Waals surface area contributed by atoms with Crippen LogP contribution in [0.2, 0.25) is 0 Å². The smallest absolute Gasteiger partial charge is 0.191 e. The third-order valence-electron chi connectivity index (χ3n) is 4.77. The molecule has 2 aromatic heterocycles. The molecule has 0 aliphatic carbocycles. The third kappa shape index (κ3) is 5.25. The first-order valence-corrected chi connectivity index (χ1v) is 9.87. The summed E-state index contributed by atoms with van der Waals surface area (Å²) in [4.78, 5) is 4.78. The number of aliphatic imine (C=N–C) groups is 1. The quantitative estimate of drug-likeness (QED) is 0.468. The molecule has 1 aromatic carbocycles. The molecule has 3 aromatic rings. The normalized spacial score (nSPS) is 11.6. The number of guanidine groups is 1. The maximum Gasteiger partial charge on any atom is 0.191 e. The van der Waals surface area contributed by atoms with E-state index in [9.17, 15) is 0 Å². The van der Waals surface area contributed by atoms with Crippen molar-refractivity contribution in [1.29, 1.82) is 0 Å². The predicted molar refractivity (Wildman–Crippen MR) is 114 cm³/mol. The second-order valence-electron chi connectivity index (χ2n) is 6.84. The fourth-order valence-electron chi connectivity index (χ4n) is 3.20. The number of nitrogens with zero attached hydrogens (tertiary/aromatic N) is 4. The average molecular weight is 379 g/mol. The molecule has 0 fully saturated rings. The highest BCUT2D eigenvalue weighted by atomic mass is 15.3. The molecule has 0 saturated heterocycles. The van der Waals surface area contributed by atoms with E-state index >= 15 is 0 Å². The molecule has 0 atom stereocenters. The summed E-state index contributed by atoms with van der Waals surface area (Å²) >= 11 is 0. The van der Waals surface area contributed by atoms with Crippen LogP contribution in [0.25, 0.3) is 0 Å². The van der Waals surface area contributed by atoms with Crippen molar-refractivity contribution in [3.8, 4) is 0 Å². The lowest BCUT2D eigenvalue weighted by Crippen LogP contribution is -2.38. The molecule has 2 heterocycles. The number of nitrogens with one attached hydrogen (secondary N) is 2. The number of aryl methyl sites for hydroxylation is 1. The Morgan fingerprint density at radius 2 is 1.79 bits per heavy atom. The fourth-order valence-corrected chi connectivity index (χ4v) is 3.20. The molecule has 28 heavy (non-hydrogen) atoms. The van der Waals surface area contributed by atoms with Crippen LogP contribution in [-0.2, 0) is 19.6 Å². The van der Waals surface area contributed by atoms with E-state index in [1.54, 1.807) is 0 Å². The minimum atomic E-state index is 0.616. The second-order valence-corrected chi connectivity index (χ2v) is 6.84. The Balaban J connectivity index is 1.64. The van der Waals surface area contributed by atoms with Gasteiger partial charge in [0.05, 0.1) is 18.8 Å². The maximum atomic E-state index is 4.78. The molecule has 0 radical (unpaired) electrons. The van der Waals surface area contributed by atoms with Gasteiger partial charge in [-0.15, -0.1) is 0 Å². The van der Waals surface area contributed by atoms with Crippen LogP contribution in [0.4, 0.5) is 0 Å². The van der Waals surface area contributed by atoms with Gasteiger partial charge in [-0.25, -0.2) is 4.99 Å². The summed E-state index contributed by atoms with van der Waals surface area (Å²) in [7, 11) is 0. The molecule has 6 nitrogen and oxygen atoms in total. The van der Waals surface area contributed by atoms with E-state index < -0.39 is 0 Å². The first-order valence-electron chi connectivity index (χ1n) is 9.87. The van der Waals surface area contributed by atoms with Crippen molar-refractivity contribution >= 4 is 5.96 Å². The Labute approximate surface area is 167 Å². The zero-order valence-electron chi connectivity index (χ0n) is 17.0. The number of aromatic nitrogens is 3. The lowest BCUT2D eigenvalue weighted by molar-refractivity contribution is 0.657. The van der Waals surface area contributed by atoms with Crippen LogP contribution in [-0.4, -0.2) is 33.4 Å². The van der Waals surface area contributed by atoms with Crippen LogP contribution in [0.3, 0.4) is 0 Å². The number of hydrogen-bond acceptors (Lipinski definition) is 2. The van der Waals surface area contributed by atoms with Crippen LogP contribution in [0.5, 0.6) is 0 Å². The number of benzene rings is 1. The van der Waals surface area contributed by atoms with Crippen molar-refractivity contribution in [1.82, 2.24) is 25.0 Å². The minimum absolute atomic E-state index is 0.616. The van der Waals surface area contributed by atoms with Gasteiger partial charge in [0, 0.05) is 43.3 Å². The highest BCUT2D eigenvalue weighted by Crippen LogP contribution is 2.16. The topological polar surface area (TPSA) is 59.2 Å². The maximum absolute atomic E-state index is 4.78. The van der Waals surface area contributed by atoms with Gasteiger partial charge in [0.25, 0.3) is 0 Å². The van der Waals surface area contributed by atoms with Gasteiger partial charge in [-0.3, -0.25) is 4.68 Å². The second kappa shape index (κ2) is 9.78. The first kappa shape index (κ1) is 19.7. The molecule has 148 valence electrons. The molecule has 0 spiro atoms. The van der Waals surface area contributed by atoms with E-state index in [0.29, 0.717) is 6.54 Å². The molecule has 2 N–H and O–H groups in total. The van der Waals surface area contributed by atoms with Crippen molar-refractivity contribution in [2.24, 2.45) is 4.99 Å². The van der Waals surface area contributed by atoms with Gasteiger partial charge in [0.2, 0.25) is 0 Å². The van der Waals surface area contributed by atoms with Crippen molar-refractivity contribution in [3.63, 3.8) is 0 Å². The van der Waals surface area contributed by atoms with Gasteiger partial charge in [0.15, 0.2) is 5.96 Å². The van der Waals surface area contributed by atoms with Gasteiger partial charge in [0.1, 0.15) is 0 Å². The molecule has 0 amide bonds. The SMILES string of the molecule is CCNC(=NCc1c(C)nn(Cc2ccccc2)c1C)NCCn1cccc1. The largest absolute Gasteiger partial charge is 0.357 e. The van der Waals surface area contributed by atoms with Crippen molar-refractivity contribution in [2.75, 3.05) is 13.1 Å². The van der Waals surface area contributed by atoms with Crippen molar-refractivity contribution in [3.05, 3.63) is 77.4 Å². The van der Waals surface area contributed by atoms with Crippen molar-refractivity contribution in [2.45, 2.75) is 40.4 Å². The lowest BCUT2D eigenvalue weighted by atomic mass is 10.2. The summed E-state index contributed by atoms with van der Waals surface area (Å²) < 4.78 is 4.22. The molecule has 0 saturated carbocycles. The molecule has 0 bridgehead atoms. The predicted octanol–water partition coefficient (Wildman–Crippen LogP) is 3.11. The Morgan fingerprint density at radius 1 is 1.04 bits per heavy atom. The lowest BCUT2D eigenvalue weighted by Gasteiger charge is -2.12. The summed E-state index contributed by atoms with van der Waals surface area (Å²) in [5.74, 6) is 0.837. The van der Waals surface area contributed by atoms with E-state index in [1.165, 1.54) is 16.8 Å². The van der Waals surface area contributed by atoms with Gasteiger partial charge in [-0.1, -0.05) is 30.3 Å². The highest BCUT2D eigenvalue weighted by Gasteiger charge is 2.11. The van der Waals surface area contributed by atoms with Crippen LogP contribution in [0.1, 0.15) is 29.4 Å². The van der Waals surface area contributed by atoms with E-state index in [2.05, 4.69) is 77.3 Å². The summed E-state index contributed by atoms with van der Waals surface area (Å²) in [6, 6.07) is 14.5. The molecule has 0 aliphatic heterocycles. The summed E-state index contributed by atoms with van der Waals surface area (Å²) in [6.07, 6.45) is 4.14. The van der Waals surface area contributed by atoms with Crippen LogP contribution < -0.4 is 10.6 Å². The number of rotatable bonds is 8. The monoisotopic (exact) mass is 378 g/mol. The Hall–Kier alpha value is -3.02. The molecular weight excluding hydrogens is 348 g/mol. The van der Waals surface area contributed by atoms with Gasteiger partial charge < -0.3 is 15.2 Å². The molecule has 6 heteroatoms. The van der Waals surface area contributed by atoms with Crippen LogP contribution in [0, 0.1) is 13.8 Å². The Morgan fingerprint density at radius 3 is 2.50 bits per heavy atom. The van der Waals surface area contributed by atoms with E-state index in [0.717, 1.165) is 37.8 Å². The zero-order chi connectivity index (χ0) is 19.8. The van der Waals surface area contributed by atoms with E-state index in [1.807, 2.05) is 18.2 Å². The standard InChI is InChI=1S/C22H30N6/c1-4-23-22(24-12-15-27-13-8-9-14-27)25-16-21-18(2)26-28(19(21)3)17-20-10-6-5-7-11-20/h5-11,13-14H,4,12,15-17H2,1-3H3,(H2,23,24,25). The average Bonchev–Trinajstić information content (AvgIpc) is 3.30. The zero-order valence-corrected chi connectivity index (χ0v) is 17.0. The first-order chi connectivity index (χ1) is 13.7. The van der Waals surface area contributed by atoms with E-state index in [4.69, 9.17) is 10.1 Å².